The van der Waals surface area contributed by atoms with Crippen LogP contribution in [0.3, 0.4) is 0 Å². The highest BCUT2D eigenvalue weighted by Crippen LogP contribution is 2.17. The molecule has 110 valence electrons. The van der Waals surface area contributed by atoms with Crippen molar-refractivity contribution in [2.45, 2.75) is 6.54 Å². The van der Waals surface area contributed by atoms with Crippen LogP contribution < -0.4 is 15.4 Å². The van der Waals surface area contributed by atoms with Gasteiger partial charge in [0.2, 0.25) is 0 Å². The van der Waals surface area contributed by atoms with Crippen molar-refractivity contribution in [3.05, 3.63) is 64.6 Å². The molecular weight excluding hydrogens is 332 g/mol. The third kappa shape index (κ3) is 5.87. The highest BCUT2D eigenvalue weighted by molar-refractivity contribution is 9.10. The molecule has 0 unspecified atom stereocenters. The molecule has 0 aliphatic carbocycles. The molecule has 0 atom stereocenters. The fraction of sp³-hybridized carbons (Fsp3) is 0.188. The van der Waals surface area contributed by atoms with E-state index < -0.39 is 0 Å². The molecule has 2 aromatic carbocycles. The van der Waals surface area contributed by atoms with Crippen LogP contribution in [-0.4, -0.2) is 19.2 Å². The maximum atomic E-state index is 11.6. The molecule has 4 nitrogen and oxygen atoms in total. The summed E-state index contributed by atoms with van der Waals surface area (Å²) < 4.78 is 6.49. The van der Waals surface area contributed by atoms with Gasteiger partial charge in [-0.25, -0.2) is 4.79 Å². The van der Waals surface area contributed by atoms with Gasteiger partial charge in [0.1, 0.15) is 12.4 Å². The molecule has 21 heavy (non-hydrogen) atoms. The van der Waals surface area contributed by atoms with Gasteiger partial charge in [0.25, 0.3) is 0 Å². The molecule has 2 rings (SSSR count). The van der Waals surface area contributed by atoms with Crippen molar-refractivity contribution in [3.63, 3.8) is 0 Å². The van der Waals surface area contributed by atoms with Gasteiger partial charge in [0, 0.05) is 11.0 Å². The summed E-state index contributed by atoms with van der Waals surface area (Å²) in [5.74, 6) is 0.774. The van der Waals surface area contributed by atoms with Crippen LogP contribution in [0.15, 0.2) is 59.1 Å². The van der Waals surface area contributed by atoms with Crippen LogP contribution >= 0.6 is 15.9 Å². The van der Waals surface area contributed by atoms with Gasteiger partial charge in [0.15, 0.2) is 0 Å². The fourth-order valence-corrected chi connectivity index (χ4v) is 2.11. The predicted molar refractivity (Wildman–Crippen MR) is 86.3 cm³/mol. The number of carbonyl (C=O) groups is 1. The van der Waals surface area contributed by atoms with Crippen LogP contribution in [0.5, 0.6) is 5.75 Å². The average molecular weight is 349 g/mol. The van der Waals surface area contributed by atoms with Crippen molar-refractivity contribution < 1.29 is 9.53 Å². The van der Waals surface area contributed by atoms with Gasteiger partial charge in [-0.3, -0.25) is 0 Å². The summed E-state index contributed by atoms with van der Waals surface area (Å²) in [5.41, 5.74) is 1.07. The van der Waals surface area contributed by atoms with Crippen LogP contribution in [0.4, 0.5) is 4.79 Å². The zero-order valence-corrected chi connectivity index (χ0v) is 13.1. The first-order valence-corrected chi connectivity index (χ1v) is 7.47. The minimum Gasteiger partial charge on any atom is -0.492 e. The Morgan fingerprint density at radius 1 is 1.05 bits per heavy atom. The number of carbonyl (C=O) groups excluding carboxylic acids is 1. The number of urea groups is 1. The Bertz CT molecular complexity index is 575. The average Bonchev–Trinajstić information content (AvgIpc) is 2.51. The highest BCUT2D eigenvalue weighted by Gasteiger charge is 2.00. The number of benzene rings is 2. The lowest BCUT2D eigenvalue weighted by atomic mass is 10.2. The van der Waals surface area contributed by atoms with Gasteiger partial charge in [-0.05, 0) is 23.8 Å². The second-order valence-electron chi connectivity index (χ2n) is 4.40. The van der Waals surface area contributed by atoms with Gasteiger partial charge in [-0.1, -0.05) is 52.3 Å². The molecule has 5 heteroatoms. The molecule has 2 N–H and O–H groups in total. The van der Waals surface area contributed by atoms with E-state index in [4.69, 9.17) is 4.74 Å². The van der Waals surface area contributed by atoms with Gasteiger partial charge < -0.3 is 15.4 Å². The Labute approximate surface area is 132 Å². The third-order valence-corrected chi connectivity index (χ3v) is 3.24. The summed E-state index contributed by atoms with van der Waals surface area (Å²) in [6, 6.07) is 17.2. The normalized spacial score (nSPS) is 9.95. The molecule has 0 aromatic heterocycles. The Morgan fingerprint density at radius 3 is 2.62 bits per heavy atom. The van der Waals surface area contributed by atoms with E-state index >= 15 is 0 Å². The summed E-state index contributed by atoms with van der Waals surface area (Å²) in [6.45, 7) is 1.39. The van der Waals surface area contributed by atoms with Crippen molar-refractivity contribution in [2.75, 3.05) is 13.2 Å². The summed E-state index contributed by atoms with van der Waals surface area (Å²) in [6.07, 6.45) is 0. The van der Waals surface area contributed by atoms with Crippen molar-refractivity contribution >= 4 is 22.0 Å². The Morgan fingerprint density at radius 2 is 1.86 bits per heavy atom. The summed E-state index contributed by atoms with van der Waals surface area (Å²) in [5, 5.41) is 5.54. The molecule has 0 heterocycles. The molecule has 0 radical (unpaired) electrons. The third-order valence-electron chi connectivity index (χ3n) is 2.75. The monoisotopic (exact) mass is 348 g/mol. The zero-order chi connectivity index (χ0) is 14.9. The molecule has 0 fully saturated rings. The SMILES string of the molecule is O=C(NCCOc1cccc(Br)c1)NCc1ccccc1. The summed E-state index contributed by atoms with van der Waals surface area (Å²) >= 11 is 3.38. The van der Waals surface area contributed by atoms with E-state index in [9.17, 15) is 4.79 Å². The lowest BCUT2D eigenvalue weighted by Gasteiger charge is -2.09. The number of hydrogen-bond donors (Lipinski definition) is 2. The molecule has 0 aliphatic rings. The molecule has 2 amide bonds. The van der Waals surface area contributed by atoms with Crippen LogP contribution in [0.25, 0.3) is 0 Å². The minimum atomic E-state index is -0.198. The molecular formula is C16H17BrN2O2. The highest BCUT2D eigenvalue weighted by atomic mass is 79.9. The van der Waals surface area contributed by atoms with E-state index in [1.165, 1.54) is 0 Å². The van der Waals surface area contributed by atoms with Gasteiger partial charge in [-0.15, -0.1) is 0 Å². The Hall–Kier alpha value is -2.01. The fourth-order valence-electron chi connectivity index (χ4n) is 1.73. The van der Waals surface area contributed by atoms with Crippen molar-refractivity contribution in [1.82, 2.24) is 10.6 Å². The van der Waals surface area contributed by atoms with Gasteiger partial charge >= 0.3 is 6.03 Å². The van der Waals surface area contributed by atoms with Gasteiger partial charge in [-0.2, -0.15) is 0 Å². The zero-order valence-electron chi connectivity index (χ0n) is 11.5. The Kier molecular flexibility index (Phi) is 6.09. The molecule has 0 bridgehead atoms. The first-order valence-electron chi connectivity index (χ1n) is 6.68. The maximum Gasteiger partial charge on any atom is 0.315 e. The van der Waals surface area contributed by atoms with E-state index in [0.717, 1.165) is 15.8 Å². The number of nitrogens with one attached hydrogen (secondary N) is 2. The van der Waals surface area contributed by atoms with Crippen molar-refractivity contribution in [2.24, 2.45) is 0 Å². The van der Waals surface area contributed by atoms with Crippen LogP contribution in [0, 0.1) is 0 Å². The number of amides is 2. The van der Waals surface area contributed by atoms with Crippen LogP contribution in [-0.2, 0) is 6.54 Å². The molecule has 0 saturated carbocycles. The van der Waals surface area contributed by atoms with Gasteiger partial charge in [0.05, 0.1) is 6.54 Å². The number of hydrogen-bond acceptors (Lipinski definition) is 2. The number of ether oxygens (including phenoxy) is 1. The Balaban J connectivity index is 1.61. The largest absolute Gasteiger partial charge is 0.492 e. The van der Waals surface area contributed by atoms with Crippen LogP contribution in [0.2, 0.25) is 0 Å². The van der Waals surface area contributed by atoms with E-state index in [1.807, 2.05) is 54.6 Å². The molecule has 0 spiro atoms. The smallest absolute Gasteiger partial charge is 0.315 e. The summed E-state index contributed by atoms with van der Waals surface area (Å²) in [7, 11) is 0. The quantitative estimate of drug-likeness (QED) is 0.786. The maximum absolute atomic E-state index is 11.6. The molecule has 2 aromatic rings. The standard InChI is InChI=1S/C16H17BrN2O2/c17-14-7-4-8-15(11-14)21-10-9-18-16(20)19-12-13-5-2-1-3-6-13/h1-8,11H,9-10,12H2,(H2,18,19,20). The lowest BCUT2D eigenvalue weighted by molar-refractivity contribution is 0.236. The van der Waals surface area contributed by atoms with E-state index in [-0.39, 0.29) is 6.03 Å². The van der Waals surface area contributed by atoms with Crippen molar-refractivity contribution in [1.29, 1.82) is 0 Å². The van der Waals surface area contributed by atoms with Crippen molar-refractivity contribution in [3.8, 4) is 5.75 Å². The molecule has 0 saturated heterocycles. The number of rotatable bonds is 6. The topological polar surface area (TPSA) is 50.4 Å². The predicted octanol–water partition coefficient (Wildman–Crippen LogP) is 3.33. The second-order valence-corrected chi connectivity index (χ2v) is 5.32. The lowest BCUT2D eigenvalue weighted by Crippen LogP contribution is -2.37. The second kappa shape index (κ2) is 8.32. The van der Waals surface area contributed by atoms with E-state index in [1.54, 1.807) is 0 Å². The number of halogens is 1. The minimum absolute atomic E-state index is 0.198. The summed E-state index contributed by atoms with van der Waals surface area (Å²) in [4.78, 5) is 11.6. The molecule has 0 aliphatic heterocycles. The van der Waals surface area contributed by atoms with E-state index in [0.29, 0.717) is 19.7 Å². The first-order chi connectivity index (χ1) is 10.2. The first kappa shape index (κ1) is 15.4. The van der Waals surface area contributed by atoms with Crippen LogP contribution in [0.1, 0.15) is 5.56 Å². The van der Waals surface area contributed by atoms with E-state index in [2.05, 4.69) is 26.6 Å².